The SMILES string of the molecule is CCCCNC(=S)Nc1c(C)nn(Cc2cccc(OC)c2)c1C. The number of aromatic nitrogens is 2. The molecule has 1 heterocycles. The second-order valence-electron chi connectivity index (χ2n) is 5.79. The highest BCUT2D eigenvalue weighted by Gasteiger charge is 2.13. The molecule has 0 spiro atoms. The first-order valence-corrected chi connectivity index (χ1v) is 8.67. The van der Waals surface area contributed by atoms with Crippen molar-refractivity contribution in [1.29, 1.82) is 0 Å². The lowest BCUT2D eigenvalue weighted by Gasteiger charge is -2.11. The van der Waals surface area contributed by atoms with Gasteiger partial charge in [-0.25, -0.2) is 0 Å². The van der Waals surface area contributed by atoms with E-state index in [1.165, 1.54) is 0 Å². The van der Waals surface area contributed by atoms with Crippen LogP contribution in [0.5, 0.6) is 5.75 Å². The van der Waals surface area contributed by atoms with Crippen molar-refractivity contribution in [2.45, 2.75) is 40.2 Å². The maximum atomic E-state index is 5.36. The maximum absolute atomic E-state index is 5.36. The Hall–Kier alpha value is -2.08. The Kier molecular flexibility index (Phi) is 6.61. The summed E-state index contributed by atoms with van der Waals surface area (Å²) in [4.78, 5) is 0. The topological polar surface area (TPSA) is 51.1 Å². The van der Waals surface area contributed by atoms with Gasteiger partial charge in [0.1, 0.15) is 5.75 Å². The minimum absolute atomic E-state index is 0.649. The molecule has 0 bridgehead atoms. The van der Waals surface area contributed by atoms with Crippen LogP contribution in [0.3, 0.4) is 0 Å². The summed E-state index contributed by atoms with van der Waals surface area (Å²) < 4.78 is 7.27. The predicted octanol–water partition coefficient (Wildman–Crippen LogP) is 3.64. The van der Waals surface area contributed by atoms with Gasteiger partial charge in [0.2, 0.25) is 0 Å². The first-order chi connectivity index (χ1) is 11.5. The van der Waals surface area contributed by atoms with E-state index in [0.29, 0.717) is 11.7 Å². The third-order valence-electron chi connectivity index (χ3n) is 3.90. The monoisotopic (exact) mass is 346 g/mol. The number of methoxy groups -OCH3 is 1. The van der Waals surface area contributed by atoms with Crippen molar-refractivity contribution in [3.8, 4) is 5.75 Å². The van der Waals surface area contributed by atoms with Crippen LogP contribution in [0.2, 0.25) is 0 Å². The van der Waals surface area contributed by atoms with E-state index < -0.39 is 0 Å². The molecule has 0 fully saturated rings. The number of rotatable bonds is 7. The summed E-state index contributed by atoms with van der Waals surface area (Å²) in [5.41, 5.74) is 4.13. The lowest BCUT2D eigenvalue weighted by atomic mass is 10.2. The Morgan fingerprint density at radius 3 is 2.83 bits per heavy atom. The van der Waals surface area contributed by atoms with Crippen LogP contribution >= 0.6 is 12.2 Å². The molecule has 0 aliphatic heterocycles. The molecule has 0 saturated carbocycles. The van der Waals surface area contributed by atoms with Gasteiger partial charge in [-0.2, -0.15) is 5.10 Å². The first-order valence-electron chi connectivity index (χ1n) is 8.27. The number of benzene rings is 1. The van der Waals surface area contributed by atoms with Gasteiger partial charge in [-0.3, -0.25) is 4.68 Å². The molecular weight excluding hydrogens is 320 g/mol. The van der Waals surface area contributed by atoms with E-state index in [-0.39, 0.29) is 0 Å². The zero-order chi connectivity index (χ0) is 17.5. The molecule has 0 saturated heterocycles. The average Bonchev–Trinajstić information content (AvgIpc) is 2.83. The number of nitrogens with one attached hydrogen (secondary N) is 2. The molecule has 2 N–H and O–H groups in total. The highest BCUT2D eigenvalue weighted by molar-refractivity contribution is 7.80. The van der Waals surface area contributed by atoms with E-state index in [2.05, 4.69) is 35.6 Å². The number of unbranched alkanes of at least 4 members (excludes halogenated alkanes) is 1. The number of aryl methyl sites for hydroxylation is 1. The van der Waals surface area contributed by atoms with E-state index >= 15 is 0 Å². The zero-order valence-electron chi connectivity index (χ0n) is 14.8. The van der Waals surface area contributed by atoms with E-state index in [9.17, 15) is 0 Å². The summed E-state index contributed by atoms with van der Waals surface area (Å²) in [7, 11) is 1.68. The second kappa shape index (κ2) is 8.68. The fourth-order valence-corrected chi connectivity index (χ4v) is 2.72. The van der Waals surface area contributed by atoms with Crippen molar-refractivity contribution in [1.82, 2.24) is 15.1 Å². The van der Waals surface area contributed by atoms with Gasteiger partial charge in [-0.15, -0.1) is 0 Å². The predicted molar refractivity (Wildman–Crippen MR) is 103 cm³/mol. The van der Waals surface area contributed by atoms with Gasteiger partial charge in [-0.1, -0.05) is 25.5 Å². The summed E-state index contributed by atoms with van der Waals surface area (Å²) in [5.74, 6) is 0.855. The number of hydrogen-bond acceptors (Lipinski definition) is 3. The van der Waals surface area contributed by atoms with Crippen molar-refractivity contribution < 1.29 is 4.74 Å². The van der Waals surface area contributed by atoms with E-state index in [0.717, 1.165) is 47.8 Å². The molecule has 6 heteroatoms. The standard InChI is InChI=1S/C18H26N4OS/c1-5-6-10-19-18(24)20-17-13(2)21-22(14(17)3)12-15-8-7-9-16(11-15)23-4/h7-9,11H,5-6,10,12H2,1-4H3,(H2,19,20,24). The minimum atomic E-state index is 0.649. The van der Waals surface area contributed by atoms with Crippen LogP contribution in [0, 0.1) is 13.8 Å². The van der Waals surface area contributed by atoms with E-state index in [1.54, 1.807) is 7.11 Å². The van der Waals surface area contributed by atoms with E-state index in [1.807, 2.05) is 29.8 Å². The molecule has 24 heavy (non-hydrogen) atoms. The van der Waals surface area contributed by atoms with Crippen LogP contribution in [0.15, 0.2) is 24.3 Å². The minimum Gasteiger partial charge on any atom is -0.497 e. The summed E-state index contributed by atoms with van der Waals surface area (Å²) in [6, 6.07) is 8.04. The molecule has 5 nitrogen and oxygen atoms in total. The Morgan fingerprint density at radius 2 is 2.12 bits per heavy atom. The van der Waals surface area contributed by atoms with Crippen molar-refractivity contribution in [2.75, 3.05) is 19.0 Å². The van der Waals surface area contributed by atoms with Gasteiger partial charge in [0.15, 0.2) is 5.11 Å². The van der Waals surface area contributed by atoms with Crippen molar-refractivity contribution in [3.63, 3.8) is 0 Å². The lowest BCUT2D eigenvalue weighted by molar-refractivity contribution is 0.414. The molecule has 2 rings (SSSR count). The van der Waals surface area contributed by atoms with Gasteiger partial charge in [-0.05, 0) is 50.2 Å². The largest absolute Gasteiger partial charge is 0.497 e. The molecule has 130 valence electrons. The number of thiocarbonyl (C=S) groups is 1. The molecule has 0 amide bonds. The zero-order valence-corrected chi connectivity index (χ0v) is 15.7. The smallest absolute Gasteiger partial charge is 0.170 e. The van der Waals surface area contributed by atoms with Gasteiger partial charge >= 0.3 is 0 Å². The summed E-state index contributed by atoms with van der Waals surface area (Å²) >= 11 is 5.36. The Labute approximate surface area is 149 Å². The fourth-order valence-electron chi connectivity index (χ4n) is 2.51. The summed E-state index contributed by atoms with van der Waals surface area (Å²) in [5, 5.41) is 11.8. The Balaban J connectivity index is 2.09. The average molecular weight is 347 g/mol. The number of nitrogens with zero attached hydrogens (tertiary/aromatic N) is 2. The first kappa shape index (κ1) is 18.3. The van der Waals surface area contributed by atoms with Crippen LogP contribution in [0.4, 0.5) is 5.69 Å². The molecule has 0 atom stereocenters. The van der Waals surface area contributed by atoms with Crippen molar-refractivity contribution in [3.05, 3.63) is 41.2 Å². The highest BCUT2D eigenvalue weighted by atomic mass is 32.1. The van der Waals surface area contributed by atoms with Crippen LogP contribution < -0.4 is 15.4 Å². The number of hydrogen-bond donors (Lipinski definition) is 2. The molecular formula is C18H26N4OS. The molecule has 0 radical (unpaired) electrons. The van der Waals surface area contributed by atoms with Gasteiger partial charge in [0.25, 0.3) is 0 Å². The second-order valence-corrected chi connectivity index (χ2v) is 6.20. The maximum Gasteiger partial charge on any atom is 0.170 e. The molecule has 0 aliphatic rings. The lowest BCUT2D eigenvalue weighted by Crippen LogP contribution is -2.29. The fraction of sp³-hybridized carbons (Fsp3) is 0.444. The van der Waals surface area contributed by atoms with Crippen LogP contribution in [0.25, 0.3) is 0 Å². The third kappa shape index (κ3) is 4.71. The highest BCUT2D eigenvalue weighted by Crippen LogP contribution is 2.21. The molecule has 1 aromatic carbocycles. The van der Waals surface area contributed by atoms with Gasteiger partial charge in [0, 0.05) is 6.54 Å². The Morgan fingerprint density at radius 1 is 1.33 bits per heavy atom. The van der Waals surface area contributed by atoms with Crippen molar-refractivity contribution in [2.24, 2.45) is 0 Å². The van der Waals surface area contributed by atoms with Gasteiger partial charge in [0.05, 0.1) is 30.7 Å². The Bertz CT molecular complexity index is 696. The van der Waals surface area contributed by atoms with Crippen LogP contribution in [0.1, 0.15) is 36.7 Å². The molecule has 2 aromatic rings. The van der Waals surface area contributed by atoms with Crippen LogP contribution in [-0.4, -0.2) is 28.5 Å². The van der Waals surface area contributed by atoms with Crippen LogP contribution in [-0.2, 0) is 6.54 Å². The number of ether oxygens (including phenoxy) is 1. The summed E-state index contributed by atoms with van der Waals surface area (Å²) in [6.45, 7) is 7.79. The summed E-state index contributed by atoms with van der Waals surface area (Å²) in [6.07, 6.45) is 2.25. The molecule has 1 aromatic heterocycles. The third-order valence-corrected chi connectivity index (χ3v) is 4.15. The van der Waals surface area contributed by atoms with Gasteiger partial charge < -0.3 is 15.4 Å². The number of anilines is 1. The van der Waals surface area contributed by atoms with Crippen molar-refractivity contribution >= 4 is 23.0 Å². The normalized spacial score (nSPS) is 10.5. The molecule has 0 unspecified atom stereocenters. The van der Waals surface area contributed by atoms with E-state index in [4.69, 9.17) is 17.0 Å². The quantitative estimate of drug-likeness (QED) is 0.592. The molecule has 0 aliphatic carbocycles.